The summed E-state index contributed by atoms with van der Waals surface area (Å²) < 4.78 is 1.93. The maximum Gasteiger partial charge on any atom is 0.115 e. The third-order valence-electron chi connectivity index (χ3n) is 3.21. The third kappa shape index (κ3) is 3.86. The Morgan fingerprint density at radius 2 is 2.21 bits per heavy atom. The van der Waals surface area contributed by atoms with Gasteiger partial charge in [-0.3, -0.25) is 4.68 Å². The predicted molar refractivity (Wildman–Crippen MR) is 74.6 cm³/mol. The van der Waals surface area contributed by atoms with Gasteiger partial charge in [0, 0.05) is 31.2 Å². The van der Waals surface area contributed by atoms with Gasteiger partial charge in [0.1, 0.15) is 6.33 Å². The van der Waals surface area contributed by atoms with Crippen molar-refractivity contribution in [3.63, 3.8) is 0 Å². The zero-order chi connectivity index (χ0) is 13.5. The second-order valence-electron chi connectivity index (χ2n) is 4.63. The van der Waals surface area contributed by atoms with Crippen molar-refractivity contribution in [2.24, 2.45) is 7.05 Å². The number of nitrogens with zero attached hydrogens (tertiary/aromatic N) is 4. The fourth-order valence-electron chi connectivity index (χ4n) is 2.12. The van der Waals surface area contributed by atoms with E-state index in [9.17, 15) is 0 Å². The van der Waals surface area contributed by atoms with E-state index in [-0.39, 0.29) is 6.04 Å². The largest absolute Gasteiger partial charge is 0.309 e. The molecular formula is C14H21N5. The van der Waals surface area contributed by atoms with E-state index in [0.29, 0.717) is 0 Å². The Bertz CT molecular complexity index is 480. The lowest BCUT2D eigenvalue weighted by atomic mass is 10.1. The van der Waals surface area contributed by atoms with Crippen LogP contribution in [0.5, 0.6) is 0 Å². The standard InChI is InChI=1S/C14H21N5/c1-3-8-16-13(14-7-9-15-11-17-14)5-4-12-6-10-18-19(12)2/h6-7,9-11,13,16H,3-5,8H2,1-2H3. The van der Waals surface area contributed by atoms with Crippen molar-refractivity contribution in [1.29, 1.82) is 0 Å². The van der Waals surface area contributed by atoms with Gasteiger partial charge in [0.2, 0.25) is 0 Å². The van der Waals surface area contributed by atoms with E-state index in [1.54, 1.807) is 12.5 Å². The van der Waals surface area contributed by atoms with Crippen LogP contribution in [-0.2, 0) is 13.5 Å². The van der Waals surface area contributed by atoms with Crippen LogP contribution in [0.1, 0.15) is 37.2 Å². The summed E-state index contributed by atoms with van der Waals surface area (Å²) >= 11 is 0. The molecule has 5 nitrogen and oxygen atoms in total. The summed E-state index contributed by atoms with van der Waals surface area (Å²) in [6, 6.07) is 4.32. The molecule has 1 unspecified atom stereocenters. The first-order chi connectivity index (χ1) is 9.31. The molecule has 0 radical (unpaired) electrons. The van der Waals surface area contributed by atoms with E-state index in [4.69, 9.17) is 0 Å². The van der Waals surface area contributed by atoms with Gasteiger partial charge in [-0.05, 0) is 37.9 Å². The molecule has 0 fully saturated rings. The van der Waals surface area contributed by atoms with Crippen LogP contribution in [0.4, 0.5) is 0 Å². The summed E-state index contributed by atoms with van der Waals surface area (Å²) in [6.45, 7) is 3.17. The molecule has 0 aliphatic rings. The Hall–Kier alpha value is -1.75. The highest BCUT2D eigenvalue weighted by Gasteiger charge is 2.12. The molecule has 0 aliphatic heterocycles. The highest BCUT2D eigenvalue weighted by molar-refractivity contribution is 5.07. The summed E-state index contributed by atoms with van der Waals surface area (Å²) in [5.74, 6) is 0. The van der Waals surface area contributed by atoms with Crippen LogP contribution in [0.25, 0.3) is 0 Å². The minimum Gasteiger partial charge on any atom is -0.309 e. The summed E-state index contributed by atoms with van der Waals surface area (Å²) in [5, 5.41) is 7.75. The number of aryl methyl sites for hydroxylation is 2. The number of nitrogens with one attached hydrogen (secondary N) is 1. The lowest BCUT2D eigenvalue weighted by Gasteiger charge is -2.17. The molecule has 5 heteroatoms. The highest BCUT2D eigenvalue weighted by atomic mass is 15.2. The second-order valence-corrected chi connectivity index (χ2v) is 4.63. The summed E-state index contributed by atoms with van der Waals surface area (Å²) in [6.07, 6.45) is 8.37. The van der Waals surface area contributed by atoms with Crippen LogP contribution >= 0.6 is 0 Å². The van der Waals surface area contributed by atoms with E-state index >= 15 is 0 Å². The van der Waals surface area contributed by atoms with E-state index in [1.165, 1.54) is 5.69 Å². The Balaban J connectivity index is 2.00. The normalized spacial score (nSPS) is 12.5. The SMILES string of the molecule is CCCNC(CCc1ccnn1C)c1ccncn1. The molecule has 0 spiro atoms. The molecule has 0 bridgehead atoms. The Morgan fingerprint density at radius 3 is 2.84 bits per heavy atom. The third-order valence-corrected chi connectivity index (χ3v) is 3.21. The van der Waals surface area contributed by atoms with Gasteiger partial charge in [-0.1, -0.05) is 6.92 Å². The van der Waals surface area contributed by atoms with Gasteiger partial charge in [-0.15, -0.1) is 0 Å². The maximum absolute atomic E-state index is 4.36. The smallest absolute Gasteiger partial charge is 0.115 e. The van der Waals surface area contributed by atoms with Crippen LogP contribution in [0.15, 0.2) is 30.9 Å². The van der Waals surface area contributed by atoms with Crippen molar-refractivity contribution in [2.75, 3.05) is 6.54 Å². The van der Waals surface area contributed by atoms with Crippen LogP contribution in [0.3, 0.4) is 0 Å². The van der Waals surface area contributed by atoms with Gasteiger partial charge in [0.05, 0.1) is 5.69 Å². The molecule has 2 rings (SSSR count). The average Bonchev–Trinajstić information content (AvgIpc) is 2.85. The molecule has 0 amide bonds. The fourth-order valence-corrected chi connectivity index (χ4v) is 2.12. The molecule has 2 aromatic rings. The van der Waals surface area contributed by atoms with Crippen molar-refractivity contribution in [1.82, 2.24) is 25.1 Å². The van der Waals surface area contributed by atoms with Crippen LogP contribution in [-0.4, -0.2) is 26.3 Å². The molecule has 0 aliphatic carbocycles. The van der Waals surface area contributed by atoms with Crippen LogP contribution in [0, 0.1) is 0 Å². The predicted octanol–water partition coefficient (Wildman–Crippen LogP) is 1.88. The fraction of sp³-hybridized carbons (Fsp3) is 0.500. The topological polar surface area (TPSA) is 55.6 Å². The van der Waals surface area contributed by atoms with Crippen molar-refractivity contribution < 1.29 is 0 Å². The van der Waals surface area contributed by atoms with E-state index in [0.717, 1.165) is 31.5 Å². The summed E-state index contributed by atoms with van der Waals surface area (Å²) in [5.41, 5.74) is 2.31. The minimum atomic E-state index is 0.276. The number of hydrogen-bond acceptors (Lipinski definition) is 4. The number of hydrogen-bond donors (Lipinski definition) is 1. The van der Waals surface area contributed by atoms with Crippen molar-refractivity contribution >= 4 is 0 Å². The number of rotatable bonds is 7. The molecule has 0 saturated heterocycles. The van der Waals surface area contributed by atoms with Gasteiger partial charge in [0.25, 0.3) is 0 Å². The number of aromatic nitrogens is 4. The van der Waals surface area contributed by atoms with Crippen LogP contribution < -0.4 is 5.32 Å². The zero-order valence-electron chi connectivity index (χ0n) is 11.6. The molecule has 19 heavy (non-hydrogen) atoms. The Kier molecular flexibility index (Phi) is 5.03. The first kappa shape index (κ1) is 13.7. The average molecular weight is 259 g/mol. The quantitative estimate of drug-likeness (QED) is 0.825. The Labute approximate surface area is 114 Å². The van der Waals surface area contributed by atoms with Crippen molar-refractivity contribution in [3.05, 3.63) is 42.2 Å². The minimum absolute atomic E-state index is 0.276. The lowest BCUT2D eigenvalue weighted by molar-refractivity contribution is 0.481. The molecule has 102 valence electrons. The molecule has 2 heterocycles. The lowest BCUT2D eigenvalue weighted by Crippen LogP contribution is -2.24. The molecule has 1 N–H and O–H groups in total. The molecule has 2 aromatic heterocycles. The Morgan fingerprint density at radius 1 is 1.32 bits per heavy atom. The van der Waals surface area contributed by atoms with Gasteiger partial charge < -0.3 is 5.32 Å². The molecule has 0 aromatic carbocycles. The first-order valence-corrected chi connectivity index (χ1v) is 6.77. The molecular weight excluding hydrogens is 238 g/mol. The van der Waals surface area contributed by atoms with Crippen molar-refractivity contribution in [2.45, 2.75) is 32.2 Å². The first-order valence-electron chi connectivity index (χ1n) is 6.77. The van der Waals surface area contributed by atoms with E-state index < -0.39 is 0 Å². The van der Waals surface area contributed by atoms with Crippen molar-refractivity contribution in [3.8, 4) is 0 Å². The van der Waals surface area contributed by atoms with Gasteiger partial charge in [-0.2, -0.15) is 5.10 Å². The van der Waals surface area contributed by atoms with Gasteiger partial charge >= 0.3 is 0 Å². The summed E-state index contributed by atoms with van der Waals surface area (Å²) in [7, 11) is 1.98. The van der Waals surface area contributed by atoms with E-state index in [2.05, 4.69) is 33.4 Å². The molecule has 0 saturated carbocycles. The maximum atomic E-state index is 4.36. The summed E-state index contributed by atoms with van der Waals surface area (Å²) in [4.78, 5) is 8.34. The highest BCUT2D eigenvalue weighted by Crippen LogP contribution is 2.16. The molecule has 1 atom stereocenters. The van der Waals surface area contributed by atoms with Gasteiger partial charge in [0.15, 0.2) is 0 Å². The second kappa shape index (κ2) is 6.99. The zero-order valence-corrected chi connectivity index (χ0v) is 11.6. The van der Waals surface area contributed by atoms with Gasteiger partial charge in [-0.25, -0.2) is 9.97 Å². The monoisotopic (exact) mass is 259 g/mol. The van der Waals surface area contributed by atoms with Crippen LogP contribution in [0.2, 0.25) is 0 Å². The van der Waals surface area contributed by atoms with E-state index in [1.807, 2.05) is 24.0 Å².